The third kappa shape index (κ3) is 4.04. The Bertz CT molecular complexity index is 294. The largest absolute Gasteiger partial charge is 0.367 e. The fourth-order valence-electron chi connectivity index (χ4n) is 1.36. The summed E-state index contributed by atoms with van der Waals surface area (Å²) in [6.07, 6.45) is 3.33. The van der Waals surface area contributed by atoms with Gasteiger partial charge in [-0.05, 0) is 19.2 Å². The van der Waals surface area contributed by atoms with Crippen LogP contribution in [0.1, 0.15) is 24.2 Å². The Morgan fingerprint density at radius 2 is 2.25 bits per heavy atom. The Morgan fingerprint density at radius 3 is 2.81 bits per heavy atom. The van der Waals surface area contributed by atoms with E-state index in [1.807, 2.05) is 0 Å². The molecule has 1 aromatic heterocycles. The first kappa shape index (κ1) is 12.7. The average Bonchev–Trinajstić information content (AvgIpc) is 2.82. The van der Waals surface area contributed by atoms with Gasteiger partial charge in [0.2, 0.25) is 0 Å². The lowest BCUT2D eigenvalue weighted by Gasteiger charge is -2.17. The van der Waals surface area contributed by atoms with Gasteiger partial charge in [0.05, 0.1) is 12.2 Å². The molecule has 0 aliphatic carbocycles. The van der Waals surface area contributed by atoms with Crippen molar-refractivity contribution in [2.24, 2.45) is 0 Å². The first-order valence-corrected chi connectivity index (χ1v) is 5.55. The molecule has 0 bridgehead atoms. The number of nitrogens with zero attached hydrogens (tertiary/aromatic N) is 1. The molecule has 0 unspecified atom stereocenters. The Labute approximate surface area is 95.7 Å². The van der Waals surface area contributed by atoms with Crippen LogP contribution >= 0.6 is 0 Å². The highest BCUT2D eigenvalue weighted by atomic mass is 16.6. The molecule has 5 heteroatoms. The number of H-pyrrole nitrogens is 1. The second-order valence-electron chi connectivity index (χ2n) is 3.41. The molecule has 1 amide bonds. The third-order valence-corrected chi connectivity index (χ3v) is 2.43. The number of carbonyl (C=O) groups excluding carboxylic acids is 1. The van der Waals surface area contributed by atoms with Crippen molar-refractivity contribution in [3.63, 3.8) is 0 Å². The summed E-state index contributed by atoms with van der Waals surface area (Å²) < 4.78 is 0. The molecule has 0 saturated carbocycles. The van der Waals surface area contributed by atoms with Crippen molar-refractivity contribution in [1.82, 2.24) is 15.4 Å². The molecule has 0 aliphatic heterocycles. The van der Waals surface area contributed by atoms with E-state index in [1.165, 1.54) is 0 Å². The Morgan fingerprint density at radius 1 is 1.50 bits per heavy atom. The first-order chi connectivity index (χ1) is 7.77. The van der Waals surface area contributed by atoms with Crippen LogP contribution < -0.4 is 5.48 Å². The van der Waals surface area contributed by atoms with Gasteiger partial charge in [-0.2, -0.15) is 0 Å². The van der Waals surface area contributed by atoms with Crippen molar-refractivity contribution in [1.29, 1.82) is 0 Å². The fourth-order valence-corrected chi connectivity index (χ4v) is 1.36. The highest BCUT2D eigenvalue weighted by Crippen LogP contribution is 1.95. The molecular weight excluding hydrogens is 206 g/mol. The normalized spacial score (nSPS) is 10.7. The molecule has 16 heavy (non-hydrogen) atoms. The standard InChI is InChI=1S/C11H19N3O2/c1-3-14(4-2)7-8-16-13-11(15)10-5-6-12-9-10/h5-6,9,12H,3-4,7-8H2,1-2H3,(H,13,15). The molecule has 1 rings (SSSR count). The quantitative estimate of drug-likeness (QED) is 0.538. The number of likely N-dealkylation sites (N-methyl/N-ethyl adjacent to an activating group) is 1. The number of amides is 1. The van der Waals surface area contributed by atoms with Gasteiger partial charge >= 0.3 is 0 Å². The number of aromatic nitrogens is 1. The maximum Gasteiger partial charge on any atom is 0.276 e. The van der Waals surface area contributed by atoms with E-state index in [0.717, 1.165) is 19.6 Å². The Kier molecular flexibility index (Phi) is 5.60. The monoisotopic (exact) mass is 225 g/mol. The van der Waals surface area contributed by atoms with E-state index in [1.54, 1.807) is 18.5 Å². The Hall–Kier alpha value is -1.33. The zero-order valence-corrected chi connectivity index (χ0v) is 9.82. The summed E-state index contributed by atoms with van der Waals surface area (Å²) in [5.41, 5.74) is 2.98. The van der Waals surface area contributed by atoms with E-state index >= 15 is 0 Å². The molecule has 0 aromatic carbocycles. The molecule has 0 radical (unpaired) electrons. The van der Waals surface area contributed by atoms with Crippen LogP contribution in [0, 0.1) is 0 Å². The lowest BCUT2D eigenvalue weighted by molar-refractivity contribution is 0.0233. The third-order valence-electron chi connectivity index (χ3n) is 2.43. The van der Waals surface area contributed by atoms with Gasteiger partial charge < -0.3 is 9.88 Å². The zero-order chi connectivity index (χ0) is 11.8. The van der Waals surface area contributed by atoms with Crippen LogP contribution in [0.3, 0.4) is 0 Å². The molecule has 0 atom stereocenters. The zero-order valence-electron chi connectivity index (χ0n) is 9.82. The topological polar surface area (TPSA) is 57.4 Å². The van der Waals surface area contributed by atoms with Crippen LogP contribution in [-0.4, -0.2) is 42.0 Å². The van der Waals surface area contributed by atoms with Crippen molar-refractivity contribution in [2.45, 2.75) is 13.8 Å². The summed E-state index contributed by atoms with van der Waals surface area (Å²) in [6, 6.07) is 1.70. The van der Waals surface area contributed by atoms with Crippen LogP contribution in [-0.2, 0) is 4.84 Å². The van der Waals surface area contributed by atoms with Gasteiger partial charge in [-0.3, -0.25) is 9.63 Å². The van der Waals surface area contributed by atoms with Crippen molar-refractivity contribution in [3.05, 3.63) is 24.0 Å². The number of hydroxylamine groups is 1. The highest BCUT2D eigenvalue weighted by molar-refractivity contribution is 5.93. The van der Waals surface area contributed by atoms with Crippen molar-refractivity contribution < 1.29 is 9.63 Å². The summed E-state index contributed by atoms with van der Waals surface area (Å²) >= 11 is 0. The van der Waals surface area contributed by atoms with E-state index < -0.39 is 0 Å². The molecule has 0 fully saturated rings. The van der Waals surface area contributed by atoms with Crippen LogP contribution in [0.25, 0.3) is 0 Å². The predicted octanol–water partition coefficient (Wildman–Crippen LogP) is 1.02. The van der Waals surface area contributed by atoms with Crippen molar-refractivity contribution in [3.8, 4) is 0 Å². The molecule has 2 N–H and O–H groups in total. The molecule has 0 aliphatic rings. The highest BCUT2D eigenvalue weighted by Gasteiger charge is 2.05. The minimum atomic E-state index is -0.221. The smallest absolute Gasteiger partial charge is 0.276 e. The molecule has 1 heterocycles. The summed E-state index contributed by atoms with van der Waals surface area (Å²) in [5, 5.41) is 0. The van der Waals surface area contributed by atoms with Crippen molar-refractivity contribution >= 4 is 5.91 Å². The predicted molar refractivity (Wildman–Crippen MR) is 62.0 cm³/mol. The molecule has 0 saturated heterocycles. The van der Waals surface area contributed by atoms with Crippen LogP contribution in [0.4, 0.5) is 0 Å². The average molecular weight is 225 g/mol. The van der Waals surface area contributed by atoms with Crippen LogP contribution in [0.15, 0.2) is 18.5 Å². The number of hydrogen-bond acceptors (Lipinski definition) is 3. The van der Waals surface area contributed by atoms with Gasteiger partial charge in [-0.25, -0.2) is 5.48 Å². The van der Waals surface area contributed by atoms with E-state index in [4.69, 9.17) is 4.84 Å². The van der Waals surface area contributed by atoms with Gasteiger partial charge in [0.15, 0.2) is 0 Å². The lowest BCUT2D eigenvalue weighted by Crippen LogP contribution is -2.31. The molecule has 5 nitrogen and oxygen atoms in total. The number of aromatic amines is 1. The molecule has 1 aromatic rings. The number of carbonyl (C=O) groups is 1. The molecule has 0 spiro atoms. The second kappa shape index (κ2) is 7.03. The van der Waals surface area contributed by atoms with E-state index in [-0.39, 0.29) is 5.91 Å². The molecular formula is C11H19N3O2. The maximum atomic E-state index is 11.4. The summed E-state index contributed by atoms with van der Waals surface area (Å²) in [4.78, 5) is 21.6. The van der Waals surface area contributed by atoms with E-state index in [9.17, 15) is 4.79 Å². The van der Waals surface area contributed by atoms with Gasteiger partial charge in [-0.1, -0.05) is 13.8 Å². The maximum absolute atomic E-state index is 11.4. The van der Waals surface area contributed by atoms with Crippen LogP contribution in [0.2, 0.25) is 0 Å². The van der Waals surface area contributed by atoms with Crippen LogP contribution in [0.5, 0.6) is 0 Å². The molecule has 90 valence electrons. The van der Waals surface area contributed by atoms with Crippen molar-refractivity contribution in [2.75, 3.05) is 26.2 Å². The SMILES string of the molecule is CCN(CC)CCONC(=O)c1cc[nH]c1. The summed E-state index contributed by atoms with van der Waals surface area (Å²) in [7, 11) is 0. The minimum Gasteiger partial charge on any atom is -0.367 e. The van der Waals surface area contributed by atoms with E-state index in [2.05, 4.69) is 29.2 Å². The second-order valence-corrected chi connectivity index (χ2v) is 3.41. The van der Waals surface area contributed by atoms with Gasteiger partial charge in [0.25, 0.3) is 5.91 Å². The van der Waals surface area contributed by atoms with E-state index in [0.29, 0.717) is 12.2 Å². The minimum absolute atomic E-state index is 0.221. The lowest BCUT2D eigenvalue weighted by atomic mass is 10.3. The Balaban J connectivity index is 2.14. The van der Waals surface area contributed by atoms with Gasteiger partial charge in [0, 0.05) is 18.9 Å². The summed E-state index contributed by atoms with van der Waals surface area (Å²) in [6.45, 7) is 7.50. The van der Waals surface area contributed by atoms with Gasteiger partial charge in [-0.15, -0.1) is 0 Å². The number of rotatable bonds is 7. The fraction of sp³-hybridized carbons (Fsp3) is 0.545. The summed E-state index contributed by atoms with van der Waals surface area (Å²) in [5.74, 6) is -0.221. The van der Waals surface area contributed by atoms with Gasteiger partial charge in [0.1, 0.15) is 0 Å². The number of nitrogens with one attached hydrogen (secondary N) is 2. The first-order valence-electron chi connectivity index (χ1n) is 5.55. The number of hydrogen-bond donors (Lipinski definition) is 2.